The molecule has 1 aliphatic heterocycles. The summed E-state index contributed by atoms with van der Waals surface area (Å²) in [6.07, 6.45) is 2.43. The van der Waals surface area contributed by atoms with E-state index in [0.29, 0.717) is 5.56 Å². The van der Waals surface area contributed by atoms with E-state index in [0.717, 1.165) is 31.1 Å². The van der Waals surface area contributed by atoms with E-state index < -0.39 is 0 Å². The zero-order valence-electron chi connectivity index (χ0n) is 7.60. The first-order chi connectivity index (χ1) is 6.29. The van der Waals surface area contributed by atoms with Crippen LogP contribution in [0.5, 0.6) is 0 Å². The molecule has 2 rings (SSSR count). The first-order valence-corrected chi connectivity index (χ1v) is 4.46. The molecule has 0 atom stereocenters. The lowest BCUT2D eigenvalue weighted by molar-refractivity contribution is 0.112. The van der Waals surface area contributed by atoms with Crippen LogP contribution in [0.25, 0.3) is 0 Å². The molecule has 0 spiro atoms. The molecule has 0 saturated carbocycles. The SMILES string of the molecule is CC1CN(c2ccc(C=O)cn2)C1. The summed E-state index contributed by atoms with van der Waals surface area (Å²) in [4.78, 5) is 16.8. The number of hydrogen-bond acceptors (Lipinski definition) is 3. The summed E-state index contributed by atoms with van der Waals surface area (Å²) in [6, 6.07) is 3.70. The van der Waals surface area contributed by atoms with Gasteiger partial charge in [0.05, 0.1) is 0 Å². The van der Waals surface area contributed by atoms with E-state index in [9.17, 15) is 4.79 Å². The molecule has 1 aromatic rings. The Balaban J connectivity index is 2.10. The lowest BCUT2D eigenvalue weighted by Gasteiger charge is -2.38. The van der Waals surface area contributed by atoms with Crippen molar-refractivity contribution in [2.75, 3.05) is 18.0 Å². The van der Waals surface area contributed by atoms with E-state index in [1.54, 1.807) is 12.3 Å². The van der Waals surface area contributed by atoms with Crippen molar-refractivity contribution < 1.29 is 4.79 Å². The van der Waals surface area contributed by atoms with Gasteiger partial charge in [0.1, 0.15) is 5.82 Å². The quantitative estimate of drug-likeness (QED) is 0.638. The van der Waals surface area contributed by atoms with Crippen LogP contribution >= 0.6 is 0 Å². The first kappa shape index (κ1) is 8.23. The number of anilines is 1. The molecule has 3 heteroatoms. The maximum Gasteiger partial charge on any atom is 0.151 e. The molecular formula is C10H12N2O. The molecule has 0 unspecified atom stereocenters. The Labute approximate surface area is 77.4 Å². The van der Waals surface area contributed by atoms with Gasteiger partial charge in [-0.15, -0.1) is 0 Å². The van der Waals surface area contributed by atoms with Gasteiger partial charge in [-0.05, 0) is 18.1 Å². The third kappa shape index (κ3) is 1.54. The van der Waals surface area contributed by atoms with Crippen LogP contribution in [0.3, 0.4) is 0 Å². The Morgan fingerprint density at radius 3 is 2.77 bits per heavy atom. The second-order valence-electron chi connectivity index (χ2n) is 3.58. The molecule has 13 heavy (non-hydrogen) atoms. The number of carbonyl (C=O) groups excluding carboxylic acids is 1. The molecule has 0 radical (unpaired) electrons. The number of carbonyl (C=O) groups is 1. The van der Waals surface area contributed by atoms with Crippen LogP contribution in [0.15, 0.2) is 18.3 Å². The molecule has 1 aliphatic rings. The molecule has 3 nitrogen and oxygen atoms in total. The molecule has 2 heterocycles. The zero-order valence-corrected chi connectivity index (χ0v) is 7.60. The van der Waals surface area contributed by atoms with Gasteiger partial charge in [0.2, 0.25) is 0 Å². The van der Waals surface area contributed by atoms with Gasteiger partial charge in [-0.3, -0.25) is 4.79 Å². The maximum atomic E-state index is 10.4. The summed E-state index contributed by atoms with van der Waals surface area (Å²) in [5, 5.41) is 0. The van der Waals surface area contributed by atoms with E-state index in [4.69, 9.17) is 0 Å². The van der Waals surface area contributed by atoms with E-state index in [1.807, 2.05) is 6.07 Å². The smallest absolute Gasteiger partial charge is 0.151 e. The Bertz CT molecular complexity index is 301. The summed E-state index contributed by atoms with van der Waals surface area (Å²) in [5.74, 6) is 1.75. The van der Waals surface area contributed by atoms with Crippen LogP contribution in [0, 0.1) is 5.92 Å². The van der Waals surface area contributed by atoms with Crippen LogP contribution in [-0.4, -0.2) is 24.4 Å². The van der Waals surface area contributed by atoms with Gasteiger partial charge in [-0.2, -0.15) is 0 Å². The average Bonchev–Trinajstić information content (AvgIpc) is 2.13. The van der Waals surface area contributed by atoms with E-state index >= 15 is 0 Å². The molecule has 1 saturated heterocycles. The number of hydrogen-bond donors (Lipinski definition) is 0. The standard InChI is InChI=1S/C10H12N2O/c1-8-5-12(6-8)10-3-2-9(7-13)4-11-10/h2-4,7-8H,5-6H2,1H3. The molecule has 0 amide bonds. The monoisotopic (exact) mass is 176 g/mol. The number of pyridine rings is 1. The lowest BCUT2D eigenvalue weighted by atomic mass is 10.0. The fourth-order valence-electron chi connectivity index (χ4n) is 1.54. The van der Waals surface area contributed by atoms with Crippen LogP contribution in [0.4, 0.5) is 5.82 Å². The summed E-state index contributed by atoms with van der Waals surface area (Å²) >= 11 is 0. The normalized spacial score (nSPS) is 16.8. The number of aromatic nitrogens is 1. The molecule has 1 fully saturated rings. The topological polar surface area (TPSA) is 33.2 Å². The van der Waals surface area contributed by atoms with Crippen molar-refractivity contribution in [3.63, 3.8) is 0 Å². The highest BCUT2D eigenvalue weighted by molar-refractivity contribution is 5.74. The van der Waals surface area contributed by atoms with Gasteiger partial charge in [0, 0.05) is 24.8 Å². The zero-order chi connectivity index (χ0) is 9.26. The minimum absolute atomic E-state index is 0.636. The van der Waals surface area contributed by atoms with Crippen molar-refractivity contribution in [2.24, 2.45) is 5.92 Å². The number of aldehydes is 1. The Morgan fingerprint density at radius 1 is 1.54 bits per heavy atom. The minimum atomic E-state index is 0.636. The summed E-state index contributed by atoms with van der Waals surface area (Å²) in [7, 11) is 0. The Morgan fingerprint density at radius 2 is 2.31 bits per heavy atom. The van der Waals surface area contributed by atoms with E-state index in [2.05, 4.69) is 16.8 Å². The second-order valence-corrected chi connectivity index (χ2v) is 3.58. The fraction of sp³-hybridized carbons (Fsp3) is 0.400. The van der Waals surface area contributed by atoms with E-state index in [-0.39, 0.29) is 0 Å². The largest absolute Gasteiger partial charge is 0.356 e. The molecule has 0 bridgehead atoms. The minimum Gasteiger partial charge on any atom is -0.356 e. The van der Waals surface area contributed by atoms with Crippen LogP contribution in [0.2, 0.25) is 0 Å². The summed E-state index contributed by atoms with van der Waals surface area (Å²) in [5.41, 5.74) is 0.636. The second kappa shape index (κ2) is 3.17. The lowest BCUT2D eigenvalue weighted by Crippen LogP contribution is -2.45. The highest BCUT2D eigenvalue weighted by atomic mass is 16.1. The van der Waals surface area contributed by atoms with Crippen molar-refractivity contribution in [3.8, 4) is 0 Å². The van der Waals surface area contributed by atoms with Crippen LogP contribution in [-0.2, 0) is 0 Å². The third-order valence-corrected chi connectivity index (χ3v) is 2.29. The number of rotatable bonds is 2. The van der Waals surface area contributed by atoms with Gasteiger partial charge in [-0.25, -0.2) is 4.98 Å². The molecule has 0 aromatic carbocycles. The van der Waals surface area contributed by atoms with Crippen molar-refractivity contribution in [1.82, 2.24) is 4.98 Å². The van der Waals surface area contributed by atoms with Gasteiger partial charge < -0.3 is 4.90 Å². The van der Waals surface area contributed by atoms with Gasteiger partial charge in [0.25, 0.3) is 0 Å². The molecule has 1 aromatic heterocycles. The molecule has 0 N–H and O–H groups in total. The highest BCUT2D eigenvalue weighted by Gasteiger charge is 2.23. The maximum absolute atomic E-state index is 10.4. The predicted molar refractivity (Wildman–Crippen MR) is 51.0 cm³/mol. The summed E-state index contributed by atoms with van der Waals surface area (Å²) in [6.45, 7) is 4.37. The Hall–Kier alpha value is -1.38. The fourth-order valence-corrected chi connectivity index (χ4v) is 1.54. The van der Waals surface area contributed by atoms with Gasteiger partial charge in [0.15, 0.2) is 6.29 Å². The predicted octanol–water partition coefficient (Wildman–Crippen LogP) is 1.35. The molecule has 0 aliphatic carbocycles. The Kier molecular flexibility index (Phi) is 2.00. The molecular weight excluding hydrogens is 164 g/mol. The molecule has 68 valence electrons. The van der Waals surface area contributed by atoms with Crippen LogP contribution < -0.4 is 4.90 Å². The number of nitrogens with zero attached hydrogens (tertiary/aromatic N) is 2. The van der Waals surface area contributed by atoms with E-state index in [1.165, 1.54) is 0 Å². The van der Waals surface area contributed by atoms with Crippen molar-refractivity contribution in [1.29, 1.82) is 0 Å². The van der Waals surface area contributed by atoms with Gasteiger partial charge >= 0.3 is 0 Å². The van der Waals surface area contributed by atoms with Crippen LogP contribution in [0.1, 0.15) is 17.3 Å². The van der Waals surface area contributed by atoms with Gasteiger partial charge in [-0.1, -0.05) is 6.92 Å². The van der Waals surface area contributed by atoms with Crippen molar-refractivity contribution in [2.45, 2.75) is 6.92 Å². The summed E-state index contributed by atoms with van der Waals surface area (Å²) < 4.78 is 0. The third-order valence-electron chi connectivity index (χ3n) is 2.29. The van der Waals surface area contributed by atoms with Crippen molar-refractivity contribution >= 4 is 12.1 Å². The van der Waals surface area contributed by atoms with Crippen molar-refractivity contribution in [3.05, 3.63) is 23.9 Å². The average molecular weight is 176 g/mol. The first-order valence-electron chi connectivity index (χ1n) is 4.46. The highest BCUT2D eigenvalue weighted by Crippen LogP contribution is 2.21.